The highest BCUT2D eigenvalue weighted by Gasteiger charge is 2.56. The molecule has 1 saturated heterocycles. The third-order valence-corrected chi connectivity index (χ3v) is 40.7. The van der Waals surface area contributed by atoms with Gasteiger partial charge in [-0.2, -0.15) is 0 Å². The molecular weight excluding hydrogens is 1000 g/mol. The molecule has 1 aliphatic heterocycles. The minimum absolute atomic E-state index is 1.08. The molecule has 0 unspecified atom stereocenters. The van der Waals surface area contributed by atoms with Gasteiger partial charge >= 0.3 is 42.8 Å². The Labute approximate surface area is 479 Å². The van der Waals surface area contributed by atoms with E-state index in [1.807, 2.05) is 0 Å². The van der Waals surface area contributed by atoms with Crippen LogP contribution in [0.1, 0.15) is 356 Å². The smallest absolute Gasteiger partial charge is 0.317 e. The van der Waals surface area contributed by atoms with Gasteiger partial charge in [0.25, 0.3) is 0 Å². The third-order valence-electron chi connectivity index (χ3n) is 17.1. The molecule has 1 rings (SSSR count). The highest BCUT2D eigenvalue weighted by molar-refractivity contribution is 6.94. The Kier molecular flexibility index (Phi) is 48.8. The molecule has 0 atom stereocenters. The van der Waals surface area contributed by atoms with Crippen LogP contribution in [0.2, 0.25) is 63.0 Å². The van der Waals surface area contributed by atoms with Crippen LogP contribution in [-0.4, -0.2) is 42.8 Å². The normalized spacial score (nSPS) is 23.6. The predicted octanol–water partition coefficient (Wildman–Crippen LogP) is 25.0. The van der Waals surface area contributed by atoms with E-state index in [2.05, 4.69) is 67.4 Å². The van der Waals surface area contributed by atoms with Crippen molar-refractivity contribution in [2.75, 3.05) is 0 Å². The molecule has 0 aromatic rings. The van der Waals surface area contributed by atoms with E-state index in [9.17, 15) is 0 Å². The molecule has 450 valence electrons. The quantitative estimate of drug-likeness (QED) is 0.0449. The SMILES string of the molecule is CCCCCCCCCCCC[Si]1(C)O[Si](C)(CCCCCCCCCCCC)O[Si](C)(CCCCCCCCCCCC)O[Si](C)(CCCCCCCCCCCC)O[Si](C)(CCCCCCCCCCCC)O1. The fraction of sp³-hybridized carbons (Fsp3) is 1.00. The second-order valence-corrected chi connectivity index (χ2v) is 43.8. The van der Waals surface area contributed by atoms with Crippen LogP contribution < -0.4 is 0 Å². The molecule has 1 aliphatic rings. The molecule has 1 fully saturated rings. The zero-order valence-corrected chi connectivity index (χ0v) is 58.4. The van der Waals surface area contributed by atoms with Gasteiger partial charge in [0.2, 0.25) is 0 Å². The van der Waals surface area contributed by atoms with Crippen molar-refractivity contribution in [3.05, 3.63) is 0 Å². The Hall–Kier alpha value is 0.884. The summed E-state index contributed by atoms with van der Waals surface area (Å²) >= 11 is 0. The molecule has 10 heteroatoms. The van der Waals surface area contributed by atoms with Gasteiger partial charge in [0, 0.05) is 0 Å². The number of unbranched alkanes of at least 4 members (excludes halogenated alkanes) is 45. The molecule has 1 heterocycles. The van der Waals surface area contributed by atoms with Gasteiger partial charge in [0.05, 0.1) is 0 Å². The molecule has 0 aromatic heterocycles. The third kappa shape index (κ3) is 43.3. The van der Waals surface area contributed by atoms with E-state index in [-0.39, 0.29) is 0 Å². The van der Waals surface area contributed by atoms with Gasteiger partial charge in [-0.15, -0.1) is 0 Å². The van der Waals surface area contributed by atoms with Crippen molar-refractivity contribution < 1.29 is 20.6 Å². The number of rotatable bonds is 55. The molecule has 0 N–H and O–H groups in total. The fourth-order valence-electron chi connectivity index (χ4n) is 12.6. The lowest BCUT2D eigenvalue weighted by atomic mass is 10.1. The maximum Gasteiger partial charge on any atom is 0.317 e. The molecule has 0 amide bonds. The van der Waals surface area contributed by atoms with Gasteiger partial charge in [-0.1, -0.05) is 356 Å². The van der Waals surface area contributed by atoms with E-state index in [0.29, 0.717) is 0 Å². The van der Waals surface area contributed by atoms with Crippen molar-refractivity contribution in [2.45, 2.75) is 419 Å². The maximum atomic E-state index is 7.95. The Balaban J connectivity index is 3.53. The minimum atomic E-state index is -2.72. The lowest BCUT2D eigenvalue weighted by Crippen LogP contribution is -2.67. The molecule has 75 heavy (non-hydrogen) atoms. The van der Waals surface area contributed by atoms with Crippen molar-refractivity contribution in [1.82, 2.24) is 0 Å². The van der Waals surface area contributed by atoms with Gasteiger partial charge in [-0.25, -0.2) is 0 Å². The lowest BCUT2D eigenvalue weighted by molar-refractivity contribution is 0.220. The monoisotopic (exact) mass is 1140 g/mol. The predicted molar refractivity (Wildman–Crippen MR) is 347 cm³/mol. The Morgan fingerprint density at radius 3 is 0.347 bits per heavy atom. The number of hydrogen-bond donors (Lipinski definition) is 0. The molecule has 5 nitrogen and oxygen atoms in total. The highest BCUT2D eigenvalue weighted by atomic mass is 28.5. The molecule has 0 radical (unpaired) electrons. The Bertz CT molecular complexity index is 992. The van der Waals surface area contributed by atoms with Crippen LogP contribution in [0.3, 0.4) is 0 Å². The van der Waals surface area contributed by atoms with Crippen molar-refractivity contribution in [2.24, 2.45) is 0 Å². The minimum Gasteiger partial charge on any atom is -0.416 e. The Morgan fingerprint density at radius 1 is 0.147 bits per heavy atom. The van der Waals surface area contributed by atoms with E-state index >= 15 is 0 Å². The molecule has 0 spiro atoms. The van der Waals surface area contributed by atoms with E-state index in [0.717, 1.165) is 30.2 Å². The van der Waals surface area contributed by atoms with Crippen LogP contribution in [0.5, 0.6) is 0 Å². The first-order valence-electron chi connectivity index (χ1n) is 34.8. The van der Waals surface area contributed by atoms with Gasteiger partial charge in [-0.3, -0.25) is 0 Å². The van der Waals surface area contributed by atoms with Crippen LogP contribution in [0, 0.1) is 0 Å². The van der Waals surface area contributed by atoms with E-state index in [4.69, 9.17) is 20.6 Å². The topological polar surface area (TPSA) is 46.2 Å². The van der Waals surface area contributed by atoms with Crippen molar-refractivity contribution >= 4 is 42.8 Å². The van der Waals surface area contributed by atoms with Crippen LogP contribution >= 0.6 is 0 Å². The standard InChI is InChI=1S/C65H140O5Si5/c1-11-16-21-26-31-36-41-46-51-56-61-71(6)66-72(7,62-57-52-47-42-37-32-27-22-17-12-2)68-74(9,64-59-54-49-44-39-34-29-24-19-14-4)70-75(10,65-60-55-50-45-40-35-30-25-20-15-5)69-73(8,67-71)63-58-53-48-43-38-33-28-23-18-13-3/h11-65H2,1-10H3. The summed E-state index contributed by atoms with van der Waals surface area (Å²) in [5.74, 6) is 0. The van der Waals surface area contributed by atoms with Crippen molar-refractivity contribution in [3.63, 3.8) is 0 Å². The summed E-state index contributed by atoms with van der Waals surface area (Å²) in [5.41, 5.74) is 0. The largest absolute Gasteiger partial charge is 0.416 e. The average Bonchev–Trinajstić information content (AvgIpc) is 3.36. The molecular formula is C65H140O5Si5. The summed E-state index contributed by atoms with van der Waals surface area (Å²) < 4.78 is 39.8. The maximum absolute atomic E-state index is 7.95. The second kappa shape index (κ2) is 49.5. The first-order chi connectivity index (χ1) is 36.3. The van der Waals surface area contributed by atoms with Crippen molar-refractivity contribution in [3.8, 4) is 0 Å². The van der Waals surface area contributed by atoms with Gasteiger partial charge in [-0.05, 0) is 63.0 Å². The van der Waals surface area contributed by atoms with Crippen LogP contribution in [0.25, 0.3) is 0 Å². The summed E-state index contributed by atoms with van der Waals surface area (Å²) in [7, 11) is -13.6. The zero-order chi connectivity index (χ0) is 54.9. The first kappa shape index (κ1) is 73.9. The van der Waals surface area contributed by atoms with Gasteiger partial charge < -0.3 is 20.6 Å². The van der Waals surface area contributed by atoms with E-state index < -0.39 is 42.8 Å². The lowest BCUT2D eigenvalue weighted by Gasteiger charge is -2.50. The highest BCUT2D eigenvalue weighted by Crippen LogP contribution is 2.40. The molecule has 0 bridgehead atoms. The Morgan fingerprint density at radius 2 is 0.240 bits per heavy atom. The van der Waals surface area contributed by atoms with E-state index in [1.165, 1.54) is 321 Å². The van der Waals surface area contributed by atoms with Crippen LogP contribution in [-0.2, 0) is 20.6 Å². The molecule has 0 aromatic carbocycles. The summed E-state index contributed by atoms with van der Waals surface area (Å²) in [6.07, 6.45) is 67.9. The summed E-state index contributed by atoms with van der Waals surface area (Å²) in [5, 5.41) is 0. The first-order valence-corrected chi connectivity index (χ1v) is 47.5. The second-order valence-electron chi connectivity index (χ2n) is 25.8. The van der Waals surface area contributed by atoms with E-state index in [1.54, 1.807) is 0 Å². The summed E-state index contributed by atoms with van der Waals surface area (Å²) in [6, 6.07) is 5.38. The van der Waals surface area contributed by atoms with Gasteiger partial charge in [0.15, 0.2) is 0 Å². The molecule has 0 aliphatic carbocycles. The summed E-state index contributed by atoms with van der Waals surface area (Å²) in [6.45, 7) is 24.1. The van der Waals surface area contributed by atoms with Crippen LogP contribution in [0.4, 0.5) is 0 Å². The van der Waals surface area contributed by atoms with Crippen LogP contribution in [0.15, 0.2) is 0 Å². The fourth-order valence-corrected chi connectivity index (χ4v) is 42.1. The molecule has 0 saturated carbocycles. The van der Waals surface area contributed by atoms with Gasteiger partial charge in [0.1, 0.15) is 0 Å². The van der Waals surface area contributed by atoms with Crippen molar-refractivity contribution in [1.29, 1.82) is 0 Å². The zero-order valence-electron chi connectivity index (χ0n) is 53.4. The number of hydrogen-bond acceptors (Lipinski definition) is 5. The summed E-state index contributed by atoms with van der Waals surface area (Å²) in [4.78, 5) is 0. The average molecular weight is 1140 g/mol.